The molecule has 0 fully saturated rings. The molecule has 2 aliphatic carbocycles. The fraction of sp³-hybridized carbons (Fsp3) is 0.462. The molecule has 0 spiro atoms. The number of rotatable bonds is 1. The molecule has 0 atom stereocenters. The van der Waals surface area contributed by atoms with Crippen LogP contribution in [0.3, 0.4) is 0 Å². The lowest BCUT2D eigenvalue weighted by molar-refractivity contribution is 0.565. The van der Waals surface area contributed by atoms with Crippen molar-refractivity contribution in [2.75, 3.05) is 0 Å². The lowest BCUT2D eigenvalue weighted by atomic mass is 9.99. The van der Waals surface area contributed by atoms with Gasteiger partial charge in [0.15, 0.2) is 0 Å². The maximum Gasteiger partial charge on any atom is 0.240 e. The molecule has 0 saturated heterocycles. The highest BCUT2D eigenvalue weighted by molar-refractivity contribution is 5.65. The van der Waals surface area contributed by atoms with Gasteiger partial charge in [-0.25, -0.2) is 4.79 Å². The molecule has 15 heavy (non-hydrogen) atoms. The predicted molar refractivity (Wildman–Crippen MR) is 58.3 cm³/mol. The first kappa shape index (κ1) is 8.87. The van der Waals surface area contributed by atoms with Crippen molar-refractivity contribution in [1.29, 1.82) is 0 Å². The summed E-state index contributed by atoms with van der Waals surface area (Å²) in [5.41, 5.74) is 6.44. The van der Waals surface area contributed by atoms with Gasteiger partial charge in [0.05, 0.1) is 5.69 Å². The number of fused-ring (bicyclic) bond motifs is 2. The van der Waals surface area contributed by atoms with Crippen LogP contribution in [0.15, 0.2) is 11.1 Å². The van der Waals surface area contributed by atoms with E-state index in [9.17, 15) is 4.79 Å². The maximum absolute atomic E-state index is 10.5. The Labute approximate surface area is 89.0 Å². The van der Waals surface area contributed by atoms with Crippen LogP contribution < -0.4 is 0 Å². The smallest absolute Gasteiger partial charge is 0.211 e. The van der Waals surface area contributed by atoms with Crippen LogP contribution in [0.1, 0.15) is 35.1 Å². The fourth-order valence-corrected chi connectivity index (χ4v) is 2.97. The monoisotopic (exact) mass is 201 g/mol. The number of carbonyl (C=O) groups excluding carboxylic acids is 1. The van der Waals surface area contributed by atoms with E-state index in [1.54, 1.807) is 6.08 Å². The second-order valence-electron chi connectivity index (χ2n) is 4.41. The fourth-order valence-electron chi connectivity index (χ4n) is 2.97. The summed E-state index contributed by atoms with van der Waals surface area (Å²) in [6.07, 6.45) is 8.62. The Kier molecular flexibility index (Phi) is 1.96. The second kappa shape index (κ2) is 3.32. The quantitative estimate of drug-likeness (QED) is 0.507. The minimum atomic E-state index is 0.965. The zero-order chi connectivity index (χ0) is 10.3. The van der Waals surface area contributed by atoms with E-state index < -0.39 is 0 Å². The van der Waals surface area contributed by atoms with Gasteiger partial charge >= 0.3 is 0 Å². The molecule has 0 bridgehead atoms. The molecule has 0 heterocycles. The van der Waals surface area contributed by atoms with E-state index in [0.717, 1.165) is 31.4 Å². The van der Waals surface area contributed by atoms with E-state index in [1.165, 1.54) is 35.1 Å². The topological polar surface area (TPSA) is 29.4 Å². The molecule has 0 aliphatic heterocycles. The summed E-state index contributed by atoms with van der Waals surface area (Å²) < 4.78 is 0. The van der Waals surface area contributed by atoms with Crippen LogP contribution in [0.4, 0.5) is 5.69 Å². The summed E-state index contributed by atoms with van der Waals surface area (Å²) in [5.74, 6) is 0. The van der Waals surface area contributed by atoms with Crippen LogP contribution in [0.5, 0.6) is 0 Å². The van der Waals surface area contributed by atoms with Gasteiger partial charge in [0, 0.05) is 0 Å². The summed E-state index contributed by atoms with van der Waals surface area (Å²) in [4.78, 5) is 14.4. The summed E-state index contributed by atoms with van der Waals surface area (Å²) in [5, 5.41) is 0. The van der Waals surface area contributed by atoms with Crippen LogP contribution >= 0.6 is 0 Å². The average Bonchev–Trinajstić information content (AvgIpc) is 2.84. The third kappa shape index (κ3) is 1.25. The van der Waals surface area contributed by atoms with Crippen molar-refractivity contribution in [2.45, 2.75) is 38.5 Å². The lowest BCUT2D eigenvalue weighted by Crippen LogP contribution is -1.91. The number of aliphatic imine (C=N–C) groups is 1. The van der Waals surface area contributed by atoms with E-state index in [0.29, 0.717) is 0 Å². The molecule has 0 saturated carbocycles. The number of isocyanates is 1. The van der Waals surface area contributed by atoms with Gasteiger partial charge in [-0.05, 0) is 60.8 Å². The molecule has 1 aromatic carbocycles. The van der Waals surface area contributed by atoms with E-state index in [-0.39, 0.29) is 0 Å². The maximum atomic E-state index is 10.5. The van der Waals surface area contributed by atoms with Gasteiger partial charge in [-0.2, -0.15) is 4.99 Å². The Morgan fingerprint density at radius 2 is 1.60 bits per heavy atom. The molecule has 2 nitrogen and oxygen atoms in total. The Bertz CT molecular complexity index is 438. The summed E-state index contributed by atoms with van der Waals surface area (Å²) >= 11 is 0. The first-order valence-electron chi connectivity index (χ1n) is 5.64. The van der Waals surface area contributed by atoms with Gasteiger partial charge in [0.1, 0.15) is 0 Å². The number of hydrogen-bond donors (Lipinski definition) is 0. The van der Waals surface area contributed by atoms with Crippen LogP contribution in [0, 0.1) is 0 Å². The predicted octanol–water partition coefficient (Wildman–Crippen LogP) is 2.63. The summed E-state index contributed by atoms with van der Waals surface area (Å²) in [6, 6.07) is 2.34. The molecular formula is C13H13NO. The minimum Gasteiger partial charge on any atom is -0.211 e. The Hall–Kier alpha value is -1.40. The Balaban J connectivity index is 2.29. The van der Waals surface area contributed by atoms with Gasteiger partial charge in [-0.15, -0.1) is 0 Å². The van der Waals surface area contributed by atoms with Crippen molar-refractivity contribution < 1.29 is 4.79 Å². The molecule has 0 amide bonds. The molecule has 3 rings (SSSR count). The zero-order valence-corrected chi connectivity index (χ0v) is 8.68. The van der Waals surface area contributed by atoms with Crippen molar-refractivity contribution in [3.8, 4) is 0 Å². The van der Waals surface area contributed by atoms with Crippen molar-refractivity contribution in [2.24, 2.45) is 4.99 Å². The van der Waals surface area contributed by atoms with Gasteiger partial charge in [-0.3, -0.25) is 0 Å². The third-order valence-electron chi connectivity index (χ3n) is 3.60. The average molecular weight is 201 g/mol. The van der Waals surface area contributed by atoms with Crippen LogP contribution in [0.25, 0.3) is 0 Å². The molecule has 76 valence electrons. The molecule has 0 N–H and O–H groups in total. The highest BCUT2D eigenvalue weighted by Gasteiger charge is 2.23. The Morgan fingerprint density at radius 1 is 1.00 bits per heavy atom. The molecule has 0 aromatic heterocycles. The molecule has 0 radical (unpaired) electrons. The van der Waals surface area contributed by atoms with Crippen LogP contribution in [-0.2, 0) is 30.5 Å². The number of aryl methyl sites for hydroxylation is 2. The van der Waals surface area contributed by atoms with Crippen LogP contribution in [0.2, 0.25) is 0 Å². The molecule has 2 heteroatoms. The van der Waals surface area contributed by atoms with Crippen molar-refractivity contribution in [1.82, 2.24) is 0 Å². The SMILES string of the molecule is O=[14C]=Nc1c2c(cc3c1CCC3)CCC2. The van der Waals surface area contributed by atoms with Gasteiger partial charge in [-0.1, -0.05) is 6.07 Å². The molecular weight excluding hydrogens is 188 g/mol. The normalized spacial score (nSPS) is 17.1. The van der Waals surface area contributed by atoms with Crippen molar-refractivity contribution in [3.05, 3.63) is 28.3 Å². The van der Waals surface area contributed by atoms with E-state index >= 15 is 0 Å². The number of hydrogen-bond acceptors (Lipinski definition) is 2. The third-order valence-corrected chi connectivity index (χ3v) is 3.60. The van der Waals surface area contributed by atoms with E-state index in [4.69, 9.17) is 0 Å². The number of benzene rings is 1. The van der Waals surface area contributed by atoms with Gasteiger partial charge < -0.3 is 0 Å². The van der Waals surface area contributed by atoms with E-state index in [2.05, 4.69) is 11.1 Å². The number of nitrogens with zero attached hydrogens (tertiary/aromatic N) is 1. The largest absolute Gasteiger partial charge is 0.240 e. The Morgan fingerprint density at radius 3 is 2.13 bits per heavy atom. The van der Waals surface area contributed by atoms with Crippen molar-refractivity contribution >= 4 is 11.8 Å². The zero-order valence-electron chi connectivity index (χ0n) is 8.68. The highest BCUT2D eigenvalue weighted by Crippen LogP contribution is 2.39. The molecule has 2 aliphatic rings. The first-order chi connectivity index (χ1) is 7.40. The summed E-state index contributed by atoms with van der Waals surface area (Å²) in [7, 11) is 0. The minimum absolute atomic E-state index is 0.965. The van der Waals surface area contributed by atoms with Crippen molar-refractivity contribution in [3.63, 3.8) is 0 Å². The van der Waals surface area contributed by atoms with Crippen LogP contribution in [-0.4, -0.2) is 6.08 Å². The second-order valence-corrected chi connectivity index (χ2v) is 4.41. The first-order valence-corrected chi connectivity index (χ1v) is 5.64. The summed E-state index contributed by atoms with van der Waals surface area (Å²) in [6.45, 7) is 0. The van der Waals surface area contributed by atoms with E-state index in [1.807, 2.05) is 0 Å². The highest BCUT2D eigenvalue weighted by atomic mass is 16.3. The van der Waals surface area contributed by atoms with Gasteiger partial charge in [0.25, 0.3) is 0 Å². The standard InChI is InChI=1S/C13H13NO/c15-8-14-13-11-5-1-3-9(11)7-10-4-2-6-12(10)13/h7H,1-6H2/i8+2. The van der Waals surface area contributed by atoms with Gasteiger partial charge in [0.2, 0.25) is 6.08 Å². The molecule has 1 aromatic rings. The lowest BCUT2D eigenvalue weighted by Gasteiger charge is -2.09. The molecule has 0 unspecified atom stereocenters.